The van der Waals surface area contributed by atoms with Crippen LogP contribution in [0.5, 0.6) is 0 Å². The zero-order chi connectivity index (χ0) is 13.2. The van der Waals surface area contributed by atoms with Crippen LogP contribution in [0.15, 0.2) is 18.2 Å². The van der Waals surface area contributed by atoms with Crippen LogP contribution in [-0.4, -0.2) is 26.8 Å². The molecule has 2 N–H and O–H groups in total. The number of piperidine rings is 1. The summed E-state index contributed by atoms with van der Waals surface area (Å²) in [7, 11) is -3.43. The van der Waals surface area contributed by atoms with Gasteiger partial charge in [-0.3, -0.25) is 4.72 Å². The summed E-state index contributed by atoms with van der Waals surface area (Å²) in [5.74, 6) is 0. The van der Waals surface area contributed by atoms with E-state index in [-0.39, 0.29) is 5.02 Å². The molecule has 1 aromatic carbocycles. The molecule has 100 valence electrons. The van der Waals surface area contributed by atoms with Crippen molar-refractivity contribution in [2.24, 2.45) is 0 Å². The van der Waals surface area contributed by atoms with Crippen LogP contribution >= 0.6 is 23.2 Å². The van der Waals surface area contributed by atoms with Gasteiger partial charge in [0.2, 0.25) is 10.0 Å². The third-order valence-electron chi connectivity index (χ3n) is 2.89. The molecule has 1 heterocycles. The van der Waals surface area contributed by atoms with Crippen LogP contribution in [-0.2, 0) is 10.0 Å². The third-order valence-corrected chi connectivity index (χ3v) is 5.50. The summed E-state index contributed by atoms with van der Waals surface area (Å²) < 4.78 is 26.8. The van der Waals surface area contributed by atoms with Crippen molar-refractivity contribution < 1.29 is 8.42 Å². The van der Waals surface area contributed by atoms with Crippen molar-refractivity contribution in [2.45, 2.75) is 18.1 Å². The van der Waals surface area contributed by atoms with Gasteiger partial charge >= 0.3 is 0 Å². The molecule has 0 aromatic heterocycles. The Kier molecular flexibility index (Phi) is 4.37. The van der Waals surface area contributed by atoms with Gasteiger partial charge < -0.3 is 5.32 Å². The Balaban J connectivity index is 2.19. The first-order valence-electron chi connectivity index (χ1n) is 5.67. The van der Waals surface area contributed by atoms with Gasteiger partial charge in [-0.25, -0.2) is 8.42 Å². The van der Waals surface area contributed by atoms with Crippen LogP contribution in [0.2, 0.25) is 10.0 Å². The molecule has 1 aliphatic rings. The molecule has 2 rings (SSSR count). The van der Waals surface area contributed by atoms with Crippen molar-refractivity contribution in [1.29, 1.82) is 0 Å². The fourth-order valence-electron chi connectivity index (χ4n) is 1.90. The van der Waals surface area contributed by atoms with Crippen LogP contribution in [0.4, 0.5) is 5.69 Å². The van der Waals surface area contributed by atoms with E-state index in [2.05, 4.69) is 10.0 Å². The highest BCUT2D eigenvalue weighted by atomic mass is 35.5. The Morgan fingerprint density at radius 3 is 2.78 bits per heavy atom. The molecule has 18 heavy (non-hydrogen) atoms. The van der Waals surface area contributed by atoms with E-state index in [1.54, 1.807) is 18.2 Å². The van der Waals surface area contributed by atoms with Gasteiger partial charge in [0.25, 0.3) is 0 Å². The van der Waals surface area contributed by atoms with E-state index in [1.165, 1.54) is 0 Å². The third kappa shape index (κ3) is 3.09. The molecule has 0 saturated carbocycles. The first-order chi connectivity index (χ1) is 8.50. The summed E-state index contributed by atoms with van der Waals surface area (Å²) in [6.07, 6.45) is 1.51. The van der Waals surface area contributed by atoms with Crippen molar-refractivity contribution in [3.8, 4) is 0 Å². The van der Waals surface area contributed by atoms with E-state index in [0.717, 1.165) is 13.0 Å². The lowest BCUT2D eigenvalue weighted by Crippen LogP contribution is -2.41. The highest BCUT2D eigenvalue weighted by Gasteiger charge is 2.27. The molecule has 1 fully saturated rings. The average Bonchev–Trinajstić information content (AvgIpc) is 2.36. The average molecular weight is 309 g/mol. The number of sulfonamides is 1. The standard InChI is InChI=1S/C11H14Cl2N2O2S/c12-9-4-1-5-10(11(9)13)15-18(16,17)8-3-2-6-14-7-8/h1,4-5,8,14-15H,2-3,6-7H2. The van der Waals surface area contributed by atoms with Gasteiger partial charge in [0.1, 0.15) is 0 Å². The quantitative estimate of drug-likeness (QED) is 0.902. The number of hydrogen-bond acceptors (Lipinski definition) is 3. The van der Waals surface area contributed by atoms with Crippen LogP contribution in [0.1, 0.15) is 12.8 Å². The Labute approximate surface area is 117 Å². The lowest BCUT2D eigenvalue weighted by atomic mass is 10.2. The highest BCUT2D eigenvalue weighted by molar-refractivity contribution is 7.93. The molecular weight excluding hydrogens is 295 g/mol. The van der Waals surface area contributed by atoms with E-state index in [9.17, 15) is 8.42 Å². The van der Waals surface area contributed by atoms with Gasteiger partial charge in [-0.2, -0.15) is 0 Å². The lowest BCUT2D eigenvalue weighted by Gasteiger charge is -2.23. The van der Waals surface area contributed by atoms with Crippen molar-refractivity contribution in [1.82, 2.24) is 5.32 Å². The minimum absolute atomic E-state index is 0.228. The molecule has 1 aliphatic heterocycles. The predicted molar refractivity (Wildman–Crippen MR) is 74.9 cm³/mol. The zero-order valence-corrected chi connectivity index (χ0v) is 11.9. The first-order valence-corrected chi connectivity index (χ1v) is 7.97. The van der Waals surface area contributed by atoms with Crippen LogP contribution in [0.3, 0.4) is 0 Å². The summed E-state index contributed by atoms with van der Waals surface area (Å²) in [5.41, 5.74) is 0.328. The maximum atomic E-state index is 12.2. The Bertz CT molecular complexity index is 528. The second-order valence-electron chi connectivity index (χ2n) is 4.22. The van der Waals surface area contributed by atoms with E-state index >= 15 is 0 Å². The summed E-state index contributed by atoms with van der Waals surface area (Å²) >= 11 is 11.8. The topological polar surface area (TPSA) is 58.2 Å². The molecule has 1 unspecified atom stereocenters. The maximum Gasteiger partial charge on any atom is 0.236 e. The SMILES string of the molecule is O=S(=O)(Nc1cccc(Cl)c1Cl)C1CCCNC1. The second-order valence-corrected chi connectivity index (χ2v) is 6.96. The molecule has 0 bridgehead atoms. The number of halogens is 2. The van der Waals surface area contributed by atoms with E-state index in [1.807, 2.05) is 0 Å². The minimum atomic E-state index is -3.43. The minimum Gasteiger partial charge on any atom is -0.315 e. The fourth-order valence-corrected chi connectivity index (χ4v) is 3.77. The number of rotatable bonds is 3. The van der Waals surface area contributed by atoms with E-state index in [4.69, 9.17) is 23.2 Å². The van der Waals surface area contributed by atoms with Crippen molar-refractivity contribution >= 4 is 38.9 Å². The highest BCUT2D eigenvalue weighted by Crippen LogP contribution is 2.31. The number of anilines is 1. The molecule has 0 radical (unpaired) electrons. The van der Waals surface area contributed by atoms with E-state index in [0.29, 0.717) is 23.7 Å². The molecule has 0 aliphatic carbocycles. The molecule has 7 heteroatoms. The van der Waals surface area contributed by atoms with Gasteiger partial charge in [-0.1, -0.05) is 29.3 Å². The van der Waals surface area contributed by atoms with Crippen molar-refractivity contribution in [3.63, 3.8) is 0 Å². The Morgan fingerprint density at radius 2 is 2.11 bits per heavy atom. The van der Waals surface area contributed by atoms with Gasteiger partial charge in [0, 0.05) is 6.54 Å². The fraction of sp³-hybridized carbons (Fsp3) is 0.455. The predicted octanol–water partition coefficient (Wildman–Crippen LogP) is 2.49. The number of nitrogens with one attached hydrogen (secondary N) is 2. The summed E-state index contributed by atoms with van der Waals surface area (Å²) in [4.78, 5) is 0. The van der Waals surface area contributed by atoms with Gasteiger partial charge in [0.05, 0.1) is 21.0 Å². The molecule has 0 amide bonds. The molecular formula is C11H14Cl2N2O2S. The largest absolute Gasteiger partial charge is 0.315 e. The number of hydrogen-bond donors (Lipinski definition) is 2. The summed E-state index contributed by atoms with van der Waals surface area (Å²) in [6.45, 7) is 1.33. The lowest BCUT2D eigenvalue weighted by molar-refractivity contribution is 0.499. The zero-order valence-electron chi connectivity index (χ0n) is 9.62. The summed E-state index contributed by atoms with van der Waals surface area (Å²) in [6, 6.07) is 4.87. The van der Waals surface area contributed by atoms with Crippen LogP contribution < -0.4 is 10.0 Å². The molecule has 4 nitrogen and oxygen atoms in total. The maximum absolute atomic E-state index is 12.2. The van der Waals surface area contributed by atoms with Crippen LogP contribution in [0, 0.1) is 0 Å². The molecule has 1 saturated heterocycles. The molecule has 0 spiro atoms. The van der Waals surface area contributed by atoms with E-state index < -0.39 is 15.3 Å². The van der Waals surface area contributed by atoms with Gasteiger partial charge in [-0.15, -0.1) is 0 Å². The molecule has 1 aromatic rings. The number of benzene rings is 1. The Hall–Kier alpha value is -0.490. The van der Waals surface area contributed by atoms with Crippen molar-refractivity contribution in [2.75, 3.05) is 17.8 Å². The summed E-state index contributed by atoms with van der Waals surface area (Å²) in [5, 5.41) is 3.21. The van der Waals surface area contributed by atoms with Gasteiger partial charge in [0.15, 0.2) is 0 Å². The first kappa shape index (κ1) is 13.9. The Morgan fingerprint density at radius 1 is 1.33 bits per heavy atom. The van der Waals surface area contributed by atoms with Crippen molar-refractivity contribution in [3.05, 3.63) is 28.2 Å². The molecule has 1 atom stereocenters. The van der Waals surface area contributed by atoms with Gasteiger partial charge in [-0.05, 0) is 31.5 Å². The second kappa shape index (κ2) is 5.65. The smallest absolute Gasteiger partial charge is 0.236 e. The normalized spacial score (nSPS) is 20.7. The van der Waals surface area contributed by atoms with Crippen LogP contribution in [0.25, 0.3) is 0 Å². The monoisotopic (exact) mass is 308 g/mol.